The first-order valence-corrected chi connectivity index (χ1v) is 5.57. The summed E-state index contributed by atoms with van der Waals surface area (Å²) >= 11 is 0. The van der Waals surface area contributed by atoms with Crippen molar-refractivity contribution in [1.82, 2.24) is 19.9 Å². The Morgan fingerprint density at radius 1 is 1.35 bits per heavy atom. The number of hydrogen-bond acceptors (Lipinski definition) is 4. The van der Waals surface area contributed by atoms with Crippen LogP contribution < -0.4 is 5.73 Å². The highest BCUT2D eigenvalue weighted by Gasteiger charge is 2.20. The molecule has 2 heterocycles. The minimum atomic E-state index is -0.623. The van der Waals surface area contributed by atoms with Crippen LogP contribution in [0.3, 0.4) is 0 Å². The van der Waals surface area contributed by atoms with Crippen molar-refractivity contribution in [2.75, 3.05) is 13.1 Å². The monoisotopic (exact) mass is 237 g/mol. The molecule has 92 valence electrons. The number of rotatable bonds is 3. The molecule has 0 bridgehead atoms. The fraction of sp³-hybridized carbons (Fsp3) is 0.600. The van der Waals surface area contributed by atoms with Crippen molar-refractivity contribution in [2.45, 2.75) is 26.3 Å². The molecule has 1 aromatic rings. The molecule has 0 aliphatic carbocycles. The molecule has 1 saturated heterocycles. The van der Waals surface area contributed by atoms with Crippen molar-refractivity contribution in [2.24, 2.45) is 5.73 Å². The Morgan fingerprint density at radius 2 is 2.00 bits per heavy atom. The van der Waals surface area contributed by atoms with E-state index in [-0.39, 0.29) is 18.1 Å². The van der Waals surface area contributed by atoms with Crippen LogP contribution in [-0.4, -0.2) is 44.8 Å². The summed E-state index contributed by atoms with van der Waals surface area (Å²) in [7, 11) is 0. The molecule has 0 spiro atoms. The normalized spacial score (nSPS) is 15.2. The molecule has 7 heteroatoms. The first-order chi connectivity index (χ1) is 8.09. The molecule has 0 atom stereocenters. The Balaban J connectivity index is 2.08. The predicted molar refractivity (Wildman–Crippen MR) is 59.1 cm³/mol. The van der Waals surface area contributed by atoms with Gasteiger partial charge in [-0.05, 0) is 19.8 Å². The van der Waals surface area contributed by atoms with Gasteiger partial charge < -0.3 is 10.6 Å². The number of likely N-dealkylation sites (tertiary alicyclic amines) is 1. The Labute approximate surface area is 98.6 Å². The van der Waals surface area contributed by atoms with Crippen molar-refractivity contribution in [3.63, 3.8) is 0 Å². The first-order valence-electron chi connectivity index (χ1n) is 5.57. The van der Waals surface area contributed by atoms with Crippen LogP contribution >= 0.6 is 0 Å². The zero-order valence-corrected chi connectivity index (χ0v) is 9.72. The molecule has 0 radical (unpaired) electrons. The Hall–Kier alpha value is -1.92. The molecule has 1 aliphatic heterocycles. The number of amides is 2. The van der Waals surface area contributed by atoms with E-state index in [2.05, 4.69) is 10.3 Å². The third-order valence-electron chi connectivity index (χ3n) is 2.96. The van der Waals surface area contributed by atoms with Gasteiger partial charge in [0, 0.05) is 13.1 Å². The second kappa shape index (κ2) is 4.52. The van der Waals surface area contributed by atoms with E-state index in [1.54, 1.807) is 11.8 Å². The first kappa shape index (κ1) is 11.6. The van der Waals surface area contributed by atoms with Crippen molar-refractivity contribution >= 4 is 11.8 Å². The van der Waals surface area contributed by atoms with Crippen LogP contribution in [0.4, 0.5) is 0 Å². The molecular formula is C10H15N5O2. The van der Waals surface area contributed by atoms with Crippen molar-refractivity contribution in [3.05, 3.63) is 11.4 Å². The van der Waals surface area contributed by atoms with Gasteiger partial charge in [-0.3, -0.25) is 9.59 Å². The van der Waals surface area contributed by atoms with E-state index in [1.807, 2.05) is 0 Å². The summed E-state index contributed by atoms with van der Waals surface area (Å²) in [5.41, 5.74) is 5.79. The number of carbonyl (C=O) groups is 2. The summed E-state index contributed by atoms with van der Waals surface area (Å²) in [6, 6.07) is 0. The molecule has 1 fully saturated rings. The summed E-state index contributed by atoms with van der Waals surface area (Å²) in [4.78, 5) is 24.7. The largest absolute Gasteiger partial charge is 0.364 e. The van der Waals surface area contributed by atoms with Gasteiger partial charge in [0.2, 0.25) is 5.91 Å². The fourth-order valence-corrected chi connectivity index (χ4v) is 1.93. The second-order valence-corrected chi connectivity index (χ2v) is 4.13. The number of carbonyl (C=O) groups excluding carboxylic acids is 2. The molecule has 1 aliphatic rings. The highest BCUT2D eigenvalue weighted by Crippen LogP contribution is 2.09. The number of hydrogen-bond donors (Lipinski definition) is 1. The van der Waals surface area contributed by atoms with Gasteiger partial charge in [0.25, 0.3) is 5.91 Å². The topological polar surface area (TPSA) is 94.1 Å². The van der Waals surface area contributed by atoms with Crippen LogP contribution in [-0.2, 0) is 11.3 Å². The lowest BCUT2D eigenvalue weighted by Crippen LogP contribution is -2.31. The van der Waals surface area contributed by atoms with Crippen molar-refractivity contribution < 1.29 is 9.59 Å². The van der Waals surface area contributed by atoms with E-state index < -0.39 is 5.91 Å². The van der Waals surface area contributed by atoms with Crippen LogP contribution in [0.15, 0.2) is 0 Å². The fourth-order valence-electron chi connectivity index (χ4n) is 1.93. The van der Waals surface area contributed by atoms with E-state index >= 15 is 0 Å². The molecule has 0 saturated carbocycles. The summed E-state index contributed by atoms with van der Waals surface area (Å²) in [5, 5.41) is 7.43. The molecule has 0 unspecified atom stereocenters. The van der Waals surface area contributed by atoms with Crippen LogP contribution in [0, 0.1) is 6.92 Å². The van der Waals surface area contributed by atoms with Crippen LogP contribution in [0.1, 0.15) is 29.0 Å². The molecule has 2 rings (SSSR count). The minimum Gasteiger partial charge on any atom is -0.364 e. The maximum absolute atomic E-state index is 11.9. The van der Waals surface area contributed by atoms with Crippen LogP contribution in [0.25, 0.3) is 0 Å². The van der Waals surface area contributed by atoms with Gasteiger partial charge in [-0.15, -0.1) is 5.10 Å². The van der Waals surface area contributed by atoms with Gasteiger partial charge in [0.15, 0.2) is 5.69 Å². The Kier molecular flexibility index (Phi) is 3.08. The number of nitrogens with two attached hydrogens (primary N) is 1. The molecule has 1 aromatic heterocycles. The predicted octanol–water partition coefficient (Wildman–Crippen LogP) is -0.692. The van der Waals surface area contributed by atoms with Gasteiger partial charge in [-0.2, -0.15) is 0 Å². The van der Waals surface area contributed by atoms with E-state index in [0.717, 1.165) is 25.9 Å². The number of nitrogens with zero attached hydrogens (tertiary/aromatic N) is 4. The number of primary amides is 1. The van der Waals surface area contributed by atoms with Gasteiger partial charge in [-0.25, -0.2) is 4.68 Å². The Bertz CT molecular complexity index is 448. The maximum Gasteiger partial charge on any atom is 0.271 e. The average Bonchev–Trinajstić information content (AvgIpc) is 2.89. The Morgan fingerprint density at radius 3 is 2.53 bits per heavy atom. The second-order valence-electron chi connectivity index (χ2n) is 4.13. The van der Waals surface area contributed by atoms with E-state index in [4.69, 9.17) is 5.73 Å². The third-order valence-corrected chi connectivity index (χ3v) is 2.96. The molecule has 0 aromatic carbocycles. The van der Waals surface area contributed by atoms with Crippen LogP contribution in [0.2, 0.25) is 0 Å². The SMILES string of the molecule is Cc1c(C(N)=O)nnn1CC(=O)N1CCCC1. The molecule has 2 N–H and O–H groups in total. The van der Waals surface area contributed by atoms with E-state index in [1.165, 1.54) is 4.68 Å². The zero-order chi connectivity index (χ0) is 12.4. The minimum absolute atomic E-state index is 0.00604. The van der Waals surface area contributed by atoms with Gasteiger partial charge in [-0.1, -0.05) is 5.21 Å². The molecule has 7 nitrogen and oxygen atoms in total. The maximum atomic E-state index is 11.9. The van der Waals surface area contributed by atoms with E-state index in [0.29, 0.717) is 5.69 Å². The summed E-state index contributed by atoms with van der Waals surface area (Å²) < 4.78 is 1.42. The molecular weight excluding hydrogens is 222 g/mol. The summed E-state index contributed by atoms with van der Waals surface area (Å²) in [6.07, 6.45) is 2.10. The number of aromatic nitrogens is 3. The van der Waals surface area contributed by atoms with Crippen molar-refractivity contribution in [1.29, 1.82) is 0 Å². The quantitative estimate of drug-likeness (QED) is 0.752. The smallest absolute Gasteiger partial charge is 0.271 e. The molecule has 17 heavy (non-hydrogen) atoms. The lowest BCUT2D eigenvalue weighted by Gasteiger charge is -2.15. The van der Waals surface area contributed by atoms with Crippen molar-refractivity contribution in [3.8, 4) is 0 Å². The third kappa shape index (κ3) is 2.27. The van der Waals surface area contributed by atoms with Gasteiger partial charge in [0.1, 0.15) is 6.54 Å². The average molecular weight is 237 g/mol. The standard InChI is InChI=1S/C10H15N5O2/c1-7-9(10(11)17)12-13-15(7)6-8(16)14-4-2-3-5-14/h2-6H2,1H3,(H2,11,17). The zero-order valence-electron chi connectivity index (χ0n) is 9.72. The molecule has 2 amide bonds. The summed E-state index contributed by atoms with van der Waals surface area (Å²) in [6.45, 7) is 3.40. The highest BCUT2D eigenvalue weighted by atomic mass is 16.2. The lowest BCUT2D eigenvalue weighted by atomic mass is 10.3. The highest BCUT2D eigenvalue weighted by molar-refractivity contribution is 5.91. The van der Waals surface area contributed by atoms with Gasteiger partial charge >= 0.3 is 0 Å². The van der Waals surface area contributed by atoms with Gasteiger partial charge in [0.05, 0.1) is 5.69 Å². The van der Waals surface area contributed by atoms with Crippen LogP contribution in [0.5, 0.6) is 0 Å². The summed E-state index contributed by atoms with van der Waals surface area (Å²) in [5.74, 6) is -0.617. The van der Waals surface area contributed by atoms with E-state index in [9.17, 15) is 9.59 Å². The lowest BCUT2D eigenvalue weighted by molar-refractivity contribution is -0.131.